The number of nitrogens with zero attached hydrogens (tertiary/aromatic N) is 3. The molecule has 0 saturated carbocycles. The normalized spacial score (nSPS) is 20.1. The highest BCUT2D eigenvalue weighted by atomic mass is 32.2. The Hall–Kier alpha value is -0.330. The molecule has 0 aromatic carbocycles. The van der Waals surface area contributed by atoms with Crippen molar-refractivity contribution in [2.24, 2.45) is 5.73 Å². The lowest BCUT2D eigenvalue weighted by Crippen LogP contribution is -2.46. The maximum absolute atomic E-state index is 5.87. The summed E-state index contributed by atoms with van der Waals surface area (Å²) in [5.41, 5.74) is 5.87. The first-order valence-electron chi connectivity index (χ1n) is 5.49. The van der Waals surface area contributed by atoms with E-state index in [4.69, 9.17) is 5.73 Å². The highest BCUT2D eigenvalue weighted by Gasteiger charge is 2.33. The maximum atomic E-state index is 5.87. The molecular weight excluding hydrogens is 240 g/mol. The van der Waals surface area contributed by atoms with Gasteiger partial charge in [0.1, 0.15) is 5.82 Å². The average Bonchev–Trinajstić information content (AvgIpc) is 2.76. The van der Waals surface area contributed by atoms with E-state index in [-0.39, 0.29) is 4.75 Å². The molecular formula is C10H18N4S2. The van der Waals surface area contributed by atoms with Gasteiger partial charge in [0, 0.05) is 35.9 Å². The van der Waals surface area contributed by atoms with Crippen LogP contribution in [0.25, 0.3) is 0 Å². The fraction of sp³-hybridized carbons (Fsp3) is 0.800. The Labute approximate surface area is 105 Å². The van der Waals surface area contributed by atoms with Gasteiger partial charge in [-0.1, -0.05) is 0 Å². The molecule has 2 heterocycles. The topological polar surface area (TPSA) is 55.0 Å². The first kappa shape index (κ1) is 12.1. The molecule has 0 spiro atoms. The molecule has 1 fully saturated rings. The lowest BCUT2D eigenvalue weighted by molar-refractivity contribution is 0.457. The fourth-order valence-corrected chi connectivity index (χ4v) is 3.49. The van der Waals surface area contributed by atoms with Gasteiger partial charge in [-0.05, 0) is 26.0 Å². The van der Waals surface area contributed by atoms with E-state index >= 15 is 0 Å². The van der Waals surface area contributed by atoms with E-state index in [0.717, 1.165) is 43.4 Å². The van der Waals surface area contributed by atoms with Crippen LogP contribution < -0.4 is 10.6 Å². The zero-order chi connectivity index (χ0) is 11.6. The predicted molar refractivity (Wildman–Crippen MR) is 71.4 cm³/mol. The Morgan fingerprint density at radius 1 is 1.50 bits per heavy atom. The van der Waals surface area contributed by atoms with Crippen LogP contribution in [-0.4, -0.2) is 40.0 Å². The molecule has 1 aromatic heterocycles. The van der Waals surface area contributed by atoms with Gasteiger partial charge in [-0.25, -0.2) is 4.98 Å². The molecule has 0 bridgehead atoms. The van der Waals surface area contributed by atoms with Crippen LogP contribution in [0, 0.1) is 6.92 Å². The van der Waals surface area contributed by atoms with E-state index in [0.29, 0.717) is 0 Å². The maximum Gasteiger partial charge on any atom is 0.205 e. The number of hydrogen-bond acceptors (Lipinski definition) is 6. The fourth-order valence-electron chi connectivity index (χ4n) is 2.01. The van der Waals surface area contributed by atoms with Gasteiger partial charge >= 0.3 is 0 Å². The molecule has 1 aliphatic heterocycles. The zero-order valence-corrected chi connectivity index (χ0v) is 11.4. The van der Waals surface area contributed by atoms with Crippen molar-refractivity contribution in [3.05, 3.63) is 5.82 Å². The quantitative estimate of drug-likeness (QED) is 0.890. The summed E-state index contributed by atoms with van der Waals surface area (Å²) in [7, 11) is 0. The van der Waals surface area contributed by atoms with Crippen molar-refractivity contribution in [2.45, 2.75) is 24.5 Å². The molecule has 2 N–H and O–H groups in total. The minimum Gasteiger partial charge on any atom is -0.347 e. The Balaban J connectivity index is 1.99. The molecule has 0 unspecified atom stereocenters. The van der Waals surface area contributed by atoms with E-state index in [1.165, 1.54) is 11.5 Å². The monoisotopic (exact) mass is 258 g/mol. The number of nitrogens with two attached hydrogens (primary N) is 1. The summed E-state index contributed by atoms with van der Waals surface area (Å²) in [6.07, 6.45) is 4.45. The molecule has 6 heteroatoms. The summed E-state index contributed by atoms with van der Waals surface area (Å²) in [6, 6.07) is 0. The second-order valence-electron chi connectivity index (χ2n) is 4.20. The van der Waals surface area contributed by atoms with Gasteiger partial charge in [0.05, 0.1) is 0 Å². The van der Waals surface area contributed by atoms with Crippen molar-refractivity contribution < 1.29 is 0 Å². The standard InChI is InChI=1S/C10H18N4S2/c1-8-12-9(16-13-8)14-5-3-10(7-11,15-2)4-6-14/h3-7,11H2,1-2H3. The summed E-state index contributed by atoms with van der Waals surface area (Å²) in [5, 5.41) is 1.06. The summed E-state index contributed by atoms with van der Waals surface area (Å²) in [4.78, 5) is 6.76. The first-order valence-corrected chi connectivity index (χ1v) is 7.49. The molecule has 0 atom stereocenters. The Morgan fingerprint density at radius 3 is 2.62 bits per heavy atom. The van der Waals surface area contributed by atoms with E-state index in [1.54, 1.807) is 0 Å². The third-order valence-corrected chi connectivity index (χ3v) is 5.58. The largest absolute Gasteiger partial charge is 0.347 e. The second-order valence-corrected chi connectivity index (χ2v) is 6.21. The van der Waals surface area contributed by atoms with Crippen LogP contribution >= 0.6 is 23.3 Å². The molecule has 1 aromatic rings. The van der Waals surface area contributed by atoms with Gasteiger partial charge < -0.3 is 10.6 Å². The van der Waals surface area contributed by atoms with Crippen molar-refractivity contribution >= 4 is 28.4 Å². The lowest BCUT2D eigenvalue weighted by atomic mass is 9.96. The third-order valence-electron chi connectivity index (χ3n) is 3.27. The van der Waals surface area contributed by atoms with Gasteiger partial charge in [0.15, 0.2) is 0 Å². The number of piperidine rings is 1. The van der Waals surface area contributed by atoms with Crippen molar-refractivity contribution in [2.75, 3.05) is 30.8 Å². The van der Waals surface area contributed by atoms with Crippen molar-refractivity contribution in [3.8, 4) is 0 Å². The van der Waals surface area contributed by atoms with Gasteiger partial charge in [-0.15, -0.1) is 0 Å². The number of aryl methyl sites for hydroxylation is 1. The number of hydrogen-bond donors (Lipinski definition) is 1. The summed E-state index contributed by atoms with van der Waals surface area (Å²) in [5.74, 6) is 0.875. The predicted octanol–water partition coefficient (Wildman–Crippen LogP) is 1.51. The molecule has 16 heavy (non-hydrogen) atoms. The summed E-state index contributed by atoms with van der Waals surface area (Å²) in [6.45, 7) is 4.81. The lowest BCUT2D eigenvalue weighted by Gasteiger charge is -2.39. The van der Waals surface area contributed by atoms with Crippen molar-refractivity contribution in [1.82, 2.24) is 9.36 Å². The molecule has 4 nitrogen and oxygen atoms in total. The van der Waals surface area contributed by atoms with Crippen LogP contribution in [0.2, 0.25) is 0 Å². The third kappa shape index (κ3) is 2.33. The van der Waals surface area contributed by atoms with Crippen molar-refractivity contribution in [1.29, 1.82) is 0 Å². The molecule has 1 saturated heterocycles. The SMILES string of the molecule is CSC1(CN)CCN(c2nc(C)ns2)CC1. The smallest absolute Gasteiger partial charge is 0.205 e. The number of rotatable bonds is 3. The van der Waals surface area contributed by atoms with Crippen LogP contribution in [0.15, 0.2) is 0 Å². The molecule has 0 aliphatic carbocycles. The van der Waals surface area contributed by atoms with E-state index in [2.05, 4.69) is 20.5 Å². The van der Waals surface area contributed by atoms with Crippen LogP contribution in [0.3, 0.4) is 0 Å². The minimum atomic E-state index is 0.288. The van der Waals surface area contributed by atoms with Gasteiger partial charge in [-0.3, -0.25) is 0 Å². The van der Waals surface area contributed by atoms with Crippen LogP contribution in [0.5, 0.6) is 0 Å². The number of anilines is 1. The van der Waals surface area contributed by atoms with Crippen molar-refractivity contribution in [3.63, 3.8) is 0 Å². The van der Waals surface area contributed by atoms with E-state index in [9.17, 15) is 0 Å². The Bertz CT molecular complexity index is 338. The highest BCUT2D eigenvalue weighted by molar-refractivity contribution is 8.00. The number of thioether (sulfide) groups is 1. The molecule has 0 amide bonds. The van der Waals surface area contributed by atoms with Gasteiger partial charge in [0.25, 0.3) is 0 Å². The second kappa shape index (κ2) is 4.89. The summed E-state index contributed by atoms with van der Waals surface area (Å²) >= 11 is 3.41. The highest BCUT2D eigenvalue weighted by Crippen LogP contribution is 2.35. The van der Waals surface area contributed by atoms with E-state index < -0.39 is 0 Å². The van der Waals surface area contributed by atoms with Crippen LogP contribution in [0.4, 0.5) is 5.13 Å². The molecule has 90 valence electrons. The Kier molecular flexibility index (Phi) is 3.71. The van der Waals surface area contributed by atoms with Gasteiger partial charge in [0.2, 0.25) is 5.13 Å². The average molecular weight is 258 g/mol. The molecule has 2 rings (SSSR count). The minimum absolute atomic E-state index is 0.288. The molecule has 1 aliphatic rings. The summed E-state index contributed by atoms with van der Waals surface area (Å²) < 4.78 is 4.52. The van der Waals surface area contributed by atoms with Crippen LogP contribution in [0.1, 0.15) is 18.7 Å². The van der Waals surface area contributed by atoms with E-state index in [1.807, 2.05) is 18.7 Å². The first-order chi connectivity index (χ1) is 7.69. The molecule has 0 radical (unpaired) electrons. The van der Waals surface area contributed by atoms with Gasteiger partial charge in [-0.2, -0.15) is 16.1 Å². The Morgan fingerprint density at radius 2 is 2.19 bits per heavy atom. The van der Waals surface area contributed by atoms with Crippen LogP contribution in [-0.2, 0) is 0 Å². The number of aromatic nitrogens is 2. The zero-order valence-electron chi connectivity index (χ0n) is 9.77.